The summed E-state index contributed by atoms with van der Waals surface area (Å²) in [6.45, 7) is 0. The van der Waals surface area contributed by atoms with E-state index in [4.69, 9.17) is 21.8 Å². The number of pyridine rings is 1. The van der Waals surface area contributed by atoms with Crippen LogP contribution >= 0.6 is 11.6 Å². The smallest absolute Gasteiger partial charge is 0.336 e. The molecule has 0 amide bonds. The number of hydrogen-bond acceptors (Lipinski definition) is 3. The first-order valence-corrected chi connectivity index (χ1v) is 5.24. The predicted octanol–water partition coefficient (Wildman–Crippen LogP) is 2.94. The zero-order valence-electron chi connectivity index (χ0n) is 8.89. The lowest BCUT2D eigenvalue weighted by Crippen LogP contribution is -2.00. The van der Waals surface area contributed by atoms with Crippen LogP contribution < -0.4 is 0 Å². The molecule has 4 nitrogen and oxygen atoms in total. The van der Waals surface area contributed by atoms with Crippen molar-refractivity contribution in [1.82, 2.24) is 4.98 Å². The van der Waals surface area contributed by atoms with Crippen molar-refractivity contribution < 1.29 is 19.4 Å². The van der Waals surface area contributed by atoms with Crippen molar-refractivity contribution in [2.24, 2.45) is 0 Å². The maximum Gasteiger partial charge on any atom is 0.336 e. The van der Waals surface area contributed by atoms with Crippen molar-refractivity contribution in [2.45, 2.75) is 0 Å². The number of carboxylic acid groups (broad SMARTS) is 1. The first-order chi connectivity index (χ1) is 8.49. The molecule has 0 saturated carbocycles. The second-order valence-corrected chi connectivity index (χ2v) is 3.91. The largest absolute Gasteiger partial charge is 0.505 e. The Labute approximate surface area is 106 Å². The Hall–Kier alpha value is -2.14. The molecule has 0 unspecified atom stereocenters. The van der Waals surface area contributed by atoms with Gasteiger partial charge in [0.15, 0.2) is 11.6 Å². The molecule has 0 radical (unpaired) electrons. The van der Waals surface area contributed by atoms with Gasteiger partial charge in [-0.1, -0.05) is 17.7 Å². The van der Waals surface area contributed by atoms with Crippen LogP contribution in [-0.4, -0.2) is 21.2 Å². The zero-order chi connectivity index (χ0) is 13.3. The number of rotatable bonds is 2. The average Bonchev–Trinajstić information content (AvgIpc) is 2.32. The van der Waals surface area contributed by atoms with E-state index >= 15 is 0 Å². The summed E-state index contributed by atoms with van der Waals surface area (Å²) in [4.78, 5) is 14.8. The van der Waals surface area contributed by atoms with Gasteiger partial charge in [-0.15, -0.1) is 0 Å². The Balaban J connectivity index is 2.63. The quantitative estimate of drug-likeness (QED) is 0.821. The Kier molecular flexibility index (Phi) is 3.16. The maximum absolute atomic E-state index is 13.2. The second-order valence-electron chi connectivity index (χ2n) is 3.52. The monoisotopic (exact) mass is 267 g/mol. The van der Waals surface area contributed by atoms with Gasteiger partial charge in [0.2, 0.25) is 0 Å². The van der Waals surface area contributed by atoms with E-state index < -0.39 is 17.5 Å². The molecule has 1 heterocycles. The third kappa shape index (κ3) is 2.26. The van der Waals surface area contributed by atoms with Crippen LogP contribution in [0.3, 0.4) is 0 Å². The Morgan fingerprint density at radius 2 is 2.06 bits per heavy atom. The number of aromatic carboxylic acids is 1. The average molecular weight is 268 g/mol. The molecule has 0 aliphatic carbocycles. The van der Waals surface area contributed by atoms with E-state index in [1.54, 1.807) is 0 Å². The van der Waals surface area contributed by atoms with Crippen LogP contribution in [0.5, 0.6) is 5.75 Å². The predicted molar refractivity (Wildman–Crippen MR) is 63.3 cm³/mol. The van der Waals surface area contributed by atoms with Gasteiger partial charge >= 0.3 is 5.97 Å². The molecular formula is C12H7ClFNO3. The van der Waals surface area contributed by atoms with E-state index in [2.05, 4.69) is 4.98 Å². The molecule has 0 aliphatic rings. The minimum absolute atomic E-state index is 0.0374. The van der Waals surface area contributed by atoms with Crippen LogP contribution in [0.15, 0.2) is 30.5 Å². The number of hydrogen-bond donors (Lipinski definition) is 2. The molecule has 6 heteroatoms. The molecule has 18 heavy (non-hydrogen) atoms. The first kappa shape index (κ1) is 12.3. The van der Waals surface area contributed by atoms with Crippen LogP contribution in [0.25, 0.3) is 11.1 Å². The second kappa shape index (κ2) is 4.62. The summed E-state index contributed by atoms with van der Waals surface area (Å²) in [5.74, 6) is -2.53. The number of carbonyl (C=O) groups is 1. The highest BCUT2D eigenvalue weighted by atomic mass is 35.5. The van der Waals surface area contributed by atoms with Crippen molar-refractivity contribution in [1.29, 1.82) is 0 Å². The molecule has 92 valence electrons. The molecule has 0 spiro atoms. The summed E-state index contributed by atoms with van der Waals surface area (Å²) in [5, 5.41) is 18.2. The van der Waals surface area contributed by atoms with Gasteiger partial charge in [0, 0.05) is 11.8 Å². The van der Waals surface area contributed by atoms with Gasteiger partial charge < -0.3 is 10.2 Å². The summed E-state index contributed by atoms with van der Waals surface area (Å²) in [5.41, 5.74) is 0.442. The van der Waals surface area contributed by atoms with Crippen LogP contribution in [0.2, 0.25) is 5.15 Å². The molecule has 2 rings (SSSR count). The highest BCUT2D eigenvalue weighted by Crippen LogP contribution is 2.28. The van der Waals surface area contributed by atoms with Gasteiger partial charge in [-0.2, -0.15) is 0 Å². The summed E-state index contributed by atoms with van der Waals surface area (Å²) in [6, 6.07) is 4.76. The third-order valence-electron chi connectivity index (χ3n) is 2.36. The Morgan fingerprint density at radius 3 is 2.67 bits per heavy atom. The number of carboxylic acids is 1. The molecule has 2 aromatic rings. The Morgan fingerprint density at radius 1 is 1.33 bits per heavy atom. The van der Waals surface area contributed by atoms with Gasteiger partial charge in [-0.3, -0.25) is 0 Å². The molecule has 0 aliphatic heterocycles. The number of aromatic nitrogens is 1. The van der Waals surface area contributed by atoms with Gasteiger partial charge in [0.05, 0.1) is 5.56 Å². The van der Waals surface area contributed by atoms with E-state index in [1.165, 1.54) is 18.3 Å². The Bertz CT molecular complexity index is 631. The van der Waals surface area contributed by atoms with E-state index in [0.717, 1.165) is 12.1 Å². The topological polar surface area (TPSA) is 70.4 Å². The number of phenolic OH excluding ortho intramolecular Hbond substituents is 1. The van der Waals surface area contributed by atoms with Crippen LogP contribution in [0.4, 0.5) is 4.39 Å². The summed E-state index contributed by atoms with van der Waals surface area (Å²) >= 11 is 5.62. The van der Waals surface area contributed by atoms with Crippen molar-refractivity contribution in [2.75, 3.05) is 0 Å². The fourth-order valence-corrected chi connectivity index (χ4v) is 1.67. The number of aromatic hydroxyl groups is 1. The molecule has 1 aromatic carbocycles. The van der Waals surface area contributed by atoms with Gasteiger partial charge in [0.25, 0.3) is 0 Å². The normalized spacial score (nSPS) is 10.3. The van der Waals surface area contributed by atoms with Crippen LogP contribution in [-0.2, 0) is 0 Å². The number of benzene rings is 1. The highest BCUT2D eigenvalue weighted by Gasteiger charge is 2.14. The van der Waals surface area contributed by atoms with E-state index in [0.29, 0.717) is 5.56 Å². The molecular weight excluding hydrogens is 261 g/mol. The van der Waals surface area contributed by atoms with E-state index in [9.17, 15) is 9.18 Å². The highest BCUT2D eigenvalue weighted by molar-refractivity contribution is 6.29. The van der Waals surface area contributed by atoms with Crippen LogP contribution in [0.1, 0.15) is 10.4 Å². The van der Waals surface area contributed by atoms with Gasteiger partial charge in [-0.25, -0.2) is 14.2 Å². The number of halogens is 2. The lowest BCUT2D eigenvalue weighted by Gasteiger charge is -2.07. The summed E-state index contributed by atoms with van der Waals surface area (Å²) < 4.78 is 13.2. The minimum atomic E-state index is -1.19. The van der Waals surface area contributed by atoms with Crippen molar-refractivity contribution in [3.05, 3.63) is 47.0 Å². The van der Waals surface area contributed by atoms with Crippen molar-refractivity contribution in [3.8, 4) is 16.9 Å². The third-order valence-corrected chi connectivity index (χ3v) is 2.57. The first-order valence-electron chi connectivity index (χ1n) is 4.87. The zero-order valence-corrected chi connectivity index (χ0v) is 9.65. The van der Waals surface area contributed by atoms with Gasteiger partial charge in [-0.05, 0) is 23.8 Å². The van der Waals surface area contributed by atoms with E-state index in [-0.39, 0.29) is 16.3 Å². The maximum atomic E-state index is 13.2. The number of phenols is 1. The molecule has 0 fully saturated rings. The van der Waals surface area contributed by atoms with E-state index in [1.807, 2.05) is 0 Å². The summed E-state index contributed by atoms with van der Waals surface area (Å²) in [6.07, 6.45) is 1.25. The fourth-order valence-electron chi connectivity index (χ4n) is 1.51. The van der Waals surface area contributed by atoms with Crippen LogP contribution in [0, 0.1) is 5.82 Å². The van der Waals surface area contributed by atoms with Crippen molar-refractivity contribution in [3.63, 3.8) is 0 Å². The molecule has 0 atom stereocenters. The van der Waals surface area contributed by atoms with Crippen molar-refractivity contribution >= 4 is 17.6 Å². The fraction of sp³-hybridized carbons (Fsp3) is 0. The lowest BCUT2D eigenvalue weighted by molar-refractivity contribution is 0.0697. The molecule has 1 aromatic heterocycles. The lowest BCUT2D eigenvalue weighted by atomic mass is 10.0. The standard InChI is InChI=1S/C12H7ClFNO3/c13-11-4-7(12(17)18)8(5-15-11)6-1-2-10(16)9(14)3-6/h1-5,16H,(H,17,18). The molecule has 0 saturated heterocycles. The minimum Gasteiger partial charge on any atom is -0.505 e. The summed E-state index contributed by atoms with van der Waals surface area (Å²) in [7, 11) is 0. The SMILES string of the molecule is O=C(O)c1cc(Cl)ncc1-c1ccc(O)c(F)c1. The number of nitrogens with zero attached hydrogens (tertiary/aromatic N) is 1. The molecule has 2 N–H and O–H groups in total. The van der Waals surface area contributed by atoms with Gasteiger partial charge in [0.1, 0.15) is 5.15 Å². The molecule has 0 bridgehead atoms.